The van der Waals surface area contributed by atoms with Gasteiger partial charge < -0.3 is 10.6 Å². The molecule has 108 valence electrons. The maximum atomic E-state index is 5.71. The van der Waals surface area contributed by atoms with E-state index in [9.17, 15) is 0 Å². The molecule has 0 aliphatic heterocycles. The van der Waals surface area contributed by atoms with Gasteiger partial charge in [0.2, 0.25) is 0 Å². The third-order valence-electron chi connectivity index (χ3n) is 3.71. The molecule has 0 spiro atoms. The van der Waals surface area contributed by atoms with Crippen LogP contribution in [0.3, 0.4) is 0 Å². The summed E-state index contributed by atoms with van der Waals surface area (Å²) in [5.74, 6) is 0. The molecule has 2 rings (SSSR count). The van der Waals surface area contributed by atoms with E-state index in [1.807, 2.05) is 24.3 Å². The van der Waals surface area contributed by atoms with Gasteiger partial charge in [-0.05, 0) is 43.2 Å². The van der Waals surface area contributed by atoms with Gasteiger partial charge in [0.25, 0.3) is 0 Å². The van der Waals surface area contributed by atoms with Gasteiger partial charge >= 0.3 is 0 Å². The van der Waals surface area contributed by atoms with Crippen LogP contribution in [-0.4, -0.2) is 16.8 Å². The molecule has 0 fully saturated rings. The fraction of sp³-hybridized carbons (Fsp3) is 0.438. The number of nitrogens with zero attached hydrogens (tertiary/aromatic N) is 3. The molecule has 0 saturated carbocycles. The Labute approximate surface area is 121 Å². The average Bonchev–Trinajstić information content (AvgIpc) is 2.89. The predicted octanol–water partition coefficient (Wildman–Crippen LogP) is 3.46. The van der Waals surface area contributed by atoms with E-state index >= 15 is 0 Å². The summed E-state index contributed by atoms with van der Waals surface area (Å²) in [6.07, 6.45) is 4.32. The van der Waals surface area contributed by atoms with Gasteiger partial charge in [-0.2, -0.15) is 5.10 Å². The normalized spacial score (nSPS) is 11.0. The largest absolute Gasteiger partial charge is 0.399 e. The first-order valence-corrected chi connectivity index (χ1v) is 7.24. The SMILES string of the molecule is CCC(CC)n1ccc(CN(C)c2ccc(N)cc2)n1. The predicted molar refractivity (Wildman–Crippen MR) is 84.8 cm³/mol. The maximum Gasteiger partial charge on any atom is 0.0817 e. The lowest BCUT2D eigenvalue weighted by Crippen LogP contribution is -2.17. The van der Waals surface area contributed by atoms with Gasteiger partial charge in [0.05, 0.1) is 18.3 Å². The Morgan fingerprint density at radius 1 is 1.15 bits per heavy atom. The van der Waals surface area contributed by atoms with Crippen LogP contribution in [-0.2, 0) is 6.54 Å². The number of nitrogen functional groups attached to an aromatic ring is 1. The van der Waals surface area contributed by atoms with Crippen LogP contribution in [0.25, 0.3) is 0 Å². The quantitative estimate of drug-likeness (QED) is 0.819. The zero-order valence-electron chi connectivity index (χ0n) is 12.6. The Balaban J connectivity index is 2.04. The van der Waals surface area contributed by atoms with Crippen LogP contribution < -0.4 is 10.6 Å². The average molecular weight is 272 g/mol. The van der Waals surface area contributed by atoms with Crippen molar-refractivity contribution in [2.45, 2.75) is 39.3 Å². The summed E-state index contributed by atoms with van der Waals surface area (Å²) in [6.45, 7) is 5.21. The molecule has 20 heavy (non-hydrogen) atoms. The summed E-state index contributed by atoms with van der Waals surface area (Å²) in [5.41, 5.74) is 8.75. The minimum absolute atomic E-state index is 0.505. The molecule has 0 aliphatic rings. The van der Waals surface area contributed by atoms with Crippen molar-refractivity contribution in [3.05, 3.63) is 42.2 Å². The van der Waals surface area contributed by atoms with Gasteiger partial charge in [-0.1, -0.05) is 13.8 Å². The van der Waals surface area contributed by atoms with E-state index in [0.29, 0.717) is 6.04 Å². The van der Waals surface area contributed by atoms with Crippen LogP contribution in [0, 0.1) is 0 Å². The summed E-state index contributed by atoms with van der Waals surface area (Å²) in [6, 6.07) is 10.5. The number of benzene rings is 1. The van der Waals surface area contributed by atoms with Crippen LogP contribution in [0.2, 0.25) is 0 Å². The van der Waals surface area contributed by atoms with Gasteiger partial charge in [-0.25, -0.2) is 0 Å². The molecule has 0 saturated heterocycles. The summed E-state index contributed by atoms with van der Waals surface area (Å²) >= 11 is 0. The van der Waals surface area contributed by atoms with E-state index in [2.05, 4.69) is 47.8 Å². The molecular formula is C16H24N4. The van der Waals surface area contributed by atoms with Crippen molar-refractivity contribution < 1.29 is 0 Å². The summed E-state index contributed by atoms with van der Waals surface area (Å²) in [7, 11) is 2.07. The van der Waals surface area contributed by atoms with Gasteiger partial charge in [-0.15, -0.1) is 0 Å². The Bertz CT molecular complexity index is 526. The molecular weight excluding hydrogens is 248 g/mol. The second-order valence-corrected chi connectivity index (χ2v) is 5.21. The Kier molecular flexibility index (Phi) is 4.66. The van der Waals surface area contributed by atoms with Crippen LogP contribution in [0.5, 0.6) is 0 Å². The lowest BCUT2D eigenvalue weighted by molar-refractivity contribution is 0.425. The first-order valence-electron chi connectivity index (χ1n) is 7.24. The van der Waals surface area contributed by atoms with Crippen molar-refractivity contribution in [3.63, 3.8) is 0 Å². The highest BCUT2D eigenvalue weighted by Crippen LogP contribution is 2.18. The lowest BCUT2D eigenvalue weighted by atomic mass is 10.2. The third kappa shape index (κ3) is 3.32. The van der Waals surface area contributed by atoms with E-state index in [1.54, 1.807) is 0 Å². The topological polar surface area (TPSA) is 47.1 Å². The lowest BCUT2D eigenvalue weighted by Gasteiger charge is -2.18. The molecule has 0 radical (unpaired) electrons. The van der Waals surface area contributed by atoms with Crippen LogP contribution in [0.1, 0.15) is 38.4 Å². The summed E-state index contributed by atoms with van der Waals surface area (Å²) in [5, 5.41) is 4.69. The number of anilines is 2. The second kappa shape index (κ2) is 6.46. The molecule has 4 heteroatoms. The summed E-state index contributed by atoms with van der Waals surface area (Å²) in [4.78, 5) is 2.18. The number of rotatable bonds is 6. The molecule has 1 aromatic heterocycles. The molecule has 2 N–H and O–H groups in total. The summed E-state index contributed by atoms with van der Waals surface area (Å²) < 4.78 is 2.09. The zero-order chi connectivity index (χ0) is 14.5. The zero-order valence-corrected chi connectivity index (χ0v) is 12.6. The molecule has 0 amide bonds. The van der Waals surface area contributed by atoms with Crippen molar-refractivity contribution in [3.8, 4) is 0 Å². The van der Waals surface area contributed by atoms with Gasteiger partial charge in [0.15, 0.2) is 0 Å². The van der Waals surface area contributed by atoms with E-state index in [-0.39, 0.29) is 0 Å². The molecule has 2 aromatic rings. The second-order valence-electron chi connectivity index (χ2n) is 5.21. The van der Waals surface area contributed by atoms with Crippen LogP contribution >= 0.6 is 0 Å². The van der Waals surface area contributed by atoms with E-state index in [4.69, 9.17) is 5.73 Å². The maximum absolute atomic E-state index is 5.71. The molecule has 0 bridgehead atoms. The minimum Gasteiger partial charge on any atom is -0.399 e. The molecule has 0 atom stereocenters. The number of nitrogens with two attached hydrogens (primary N) is 1. The highest BCUT2D eigenvalue weighted by atomic mass is 15.3. The molecule has 4 nitrogen and oxygen atoms in total. The Morgan fingerprint density at radius 3 is 2.40 bits per heavy atom. The van der Waals surface area contributed by atoms with Crippen molar-refractivity contribution in [2.75, 3.05) is 17.7 Å². The van der Waals surface area contributed by atoms with Crippen LogP contribution in [0.15, 0.2) is 36.5 Å². The van der Waals surface area contributed by atoms with E-state index in [1.165, 1.54) is 0 Å². The van der Waals surface area contributed by atoms with Gasteiger partial charge in [0.1, 0.15) is 0 Å². The number of hydrogen-bond donors (Lipinski definition) is 1. The number of hydrogen-bond acceptors (Lipinski definition) is 3. The smallest absolute Gasteiger partial charge is 0.0817 e. The standard InChI is InChI=1S/C16H24N4/c1-4-15(5-2)20-11-10-14(18-20)12-19(3)16-8-6-13(17)7-9-16/h6-11,15H,4-5,12,17H2,1-3H3. The molecule has 0 aliphatic carbocycles. The Morgan fingerprint density at radius 2 is 1.80 bits per heavy atom. The van der Waals surface area contributed by atoms with Crippen LogP contribution in [0.4, 0.5) is 11.4 Å². The van der Waals surface area contributed by atoms with E-state index < -0.39 is 0 Å². The molecule has 0 unspecified atom stereocenters. The van der Waals surface area contributed by atoms with Crippen molar-refractivity contribution in [1.29, 1.82) is 0 Å². The minimum atomic E-state index is 0.505. The Hall–Kier alpha value is -1.97. The van der Waals surface area contributed by atoms with E-state index in [0.717, 1.165) is 36.5 Å². The van der Waals surface area contributed by atoms with Crippen molar-refractivity contribution >= 4 is 11.4 Å². The van der Waals surface area contributed by atoms with Gasteiger partial charge in [0, 0.05) is 24.6 Å². The molecule has 1 aromatic carbocycles. The first kappa shape index (κ1) is 14.4. The van der Waals surface area contributed by atoms with Crippen molar-refractivity contribution in [1.82, 2.24) is 9.78 Å². The highest BCUT2D eigenvalue weighted by molar-refractivity contribution is 5.52. The highest BCUT2D eigenvalue weighted by Gasteiger charge is 2.09. The first-order chi connectivity index (χ1) is 9.63. The molecule has 1 heterocycles. The van der Waals surface area contributed by atoms with Gasteiger partial charge in [-0.3, -0.25) is 4.68 Å². The monoisotopic (exact) mass is 272 g/mol. The fourth-order valence-electron chi connectivity index (χ4n) is 2.39. The fourth-order valence-corrected chi connectivity index (χ4v) is 2.39. The number of aromatic nitrogens is 2. The third-order valence-corrected chi connectivity index (χ3v) is 3.71. The van der Waals surface area contributed by atoms with Crippen molar-refractivity contribution in [2.24, 2.45) is 0 Å².